The summed E-state index contributed by atoms with van der Waals surface area (Å²) in [6.45, 7) is 1.21. The molecule has 1 aromatic heterocycles. The van der Waals surface area contributed by atoms with Crippen LogP contribution in [0, 0.1) is 0 Å². The zero-order valence-corrected chi connectivity index (χ0v) is 12.6. The second kappa shape index (κ2) is 6.95. The lowest BCUT2D eigenvalue weighted by atomic mass is 10.2. The number of aromatic nitrogens is 3. The maximum absolute atomic E-state index is 5.86. The molecule has 0 aliphatic heterocycles. The summed E-state index contributed by atoms with van der Waals surface area (Å²) in [7, 11) is 0. The minimum atomic E-state index is 0.523. The fraction of sp³-hybridized carbons (Fsp3) is 0.125. The SMILES string of the molecule is Clc1ccc(COc2ccc(CNn3cnnc3)cc2)cc1. The highest BCUT2D eigenvalue weighted by atomic mass is 35.5. The number of rotatable bonds is 6. The van der Waals surface area contributed by atoms with Crippen molar-refractivity contribution in [1.29, 1.82) is 0 Å². The Bertz CT molecular complexity index is 696. The number of hydrogen-bond donors (Lipinski definition) is 1. The minimum absolute atomic E-state index is 0.523. The summed E-state index contributed by atoms with van der Waals surface area (Å²) in [4.78, 5) is 0. The smallest absolute Gasteiger partial charge is 0.138 e. The fourth-order valence-electron chi connectivity index (χ4n) is 1.92. The molecule has 1 heterocycles. The second-order valence-electron chi connectivity index (χ2n) is 4.76. The molecule has 0 spiro atoms. The van der Waals surface area contributed by atoms with Crippen molar-refractivity contribution in [1.82, 2.24) is 14.9 Å². The zero-order chi connectivity index (χ0) is 15.2. The van der Waals surface area contributed by atoms with Crippen LogP contribution in [0.5, 0.6) is 5.75 Å². The highest BCUT2D eigenvalue weighted by Gasteiger charge is 1.98. The lowest BCUT2D eigenvalue weighted by Crippen LogP contribution is -2.11. The lowest BCUT2D eigenvalue weighted by molar-refractivity contribution is 0.306. The molecule has 0 amide bonds. The Morgan fingerprint density at radius 1 is 0.909 bits per heavy atom. The van der Waals surface area contributed by atoms with Gasteiger partial charge in [-0.15, -0.1) is 10.2 Å². The molecule has 0 atom stereocenters. The summed E-state index contributed by atoms with van der Waals surface area (Å²) >= 11 is 5.86. The van der Waals surface area contributed by atoms with E-state index in [1.165, 1.54) is 0 Å². The van der Waals surface area contributed by atoms with Crippen molar-refractivity contribution in [3.05, 3.63) is 77.3 Å². The molecule has 112 valence electrons. The molecule has 3 aromatic rings. The number of nitrogens with one attached hydrogen (secondary N) is 1. The molecule has 6 heteroatoms. The molecule has 0 bridgehead atoms. The van der Waals surface area contributed by atoms with Crippen LogP contribution in [0.4, 0.5) is 0 Å². The van der Waals surface area contributed by atoms with Gasteiger partial charge in [-0.05, 0) is 35.4 Å². The molecule has 0 fully saturated rings. The molecular weight excluding hydrogens is 300 g/mol. The predicted molar refractivity (Wildman–Crippen MR) is 85.3 cm³/mol. The van der Waals surface area contributed by atoms with Crippen molar-refractivity contribution in [2.75, 3.05) is 5.43 Å². The highest BCUT2D eigenvalue weighted by Crippen LogP contribution is 2.15. The number of benzene rings is 2. The molecule has 0 radical (unpaired) electrons. The van der Waals surface area contributed by atoms with E-state index in [1.54, 1.807) is 17.3 Å². The number of halogens is 1. The highest BCUT2D eigenvalue weighted by molar-refractivity contribution is 6.30. The summed E-state index contributed by atoms with van der Waals surface area (Å²) in [5.74, 6) is 0.836. The summed E-state index contributed by atoms with van der Waals surface area (Å²) in [5, 5.41) is 8.19. The van der Waals surface area contributed by atoms with Gasteiger partial charge in [-0.3, -0.25) is 0 Å². The van der Waals surface area contributed by atoms with Gasteiger partial charge in [-0.25, -0.2) is 4.68 Å². The zero-order valence-electron chi connectivity index (χ0n) is 11.8. The fourth-order valence-corrected chi connectivity index (χ4v) is 2.04. The number of hydrogen-bond acceptors (Lipinski definition) is 4. The van der Waals surface area contributed by atoms with Gasteiger partial charge in [0.2, 0.25) is 0 Å². The van der Waals surface area contributed by atoms with Gasteiger partial charge < -0.3 is 10.2 Å². The van der Waals surface area contributed by atoms with E-state index in [0.29, 0.717) is 13.2 Å². The van der Waals surface area contributed by atoms with Crippen molar-refractivity contribution in [3.63, 3.8) is 0 Å². The number of ether oxygens (including phenoxy) is 1. The largest absolute Gasteiger partial charge is 0.489 e. The Morgan fingerprint density at radius 3 is 2.23 bits per heavy atom. The third kappa shape index (κ3) is 3.99. The molecule has 0 aliphatic rings. The molecule has 1 N–H and O–H groups in total. The normalized spacial score (nSPS) is 10.4. The summed E-state index contributed by atoms with van der Waals surface area (Å²) in [6.07, 6.45) is 3.23. The first kappa shape index (κ1) is 14.4. The summed E-state index contributed by atoms with van der Waals surface area (Å²) < 4.78 is 7.46. The van der Waals surface area contributed by atoms with Crippen molar-refractivity contribution >= 4 is 11.6 Å². The monoisotopic (exact) mass is 314 g/mol. The van der Waals surface area contributed by atoms with Crippen molar-refractivity contribution in [3.8, 4) is 5.75 Å². The van der Waals surface area contributed by atoms with E-state index in [-0.39, 0.29) is 0 Å². The summed E-state index contributed by atoms with van der Waals surface area (Å²) in [6, 6.07) is 15.6. The van der Waals surface area contributed by atoms with Crippen LogP contribution in [0.2, 0.25) is 5.02 Å². The first-order valence-electron chi connectivity index (χ1n) is 6.84. The van der Waals surface area contributed by atoms with E-state index in [2.05, 4.69) is 15.6 Å². The maximum Gasteiger partial charge on any atom is 0.138 e. The average Bonchev–Trinajstić information content (AvgIpc) is 3.07. The molecular formula is C16H15ClN4O. The van der Waals surface area contributed by atoms with Crippen LogP contribution in [0.15, 0.2) is 61.2 Å². The standard InChI is InChI=1S/C16H15ClN4O/c17-15-5-1-14(2-6-15)10-22-16-7-3-13(4-8-16)9-20-21-11-18-19-12-21/h1-8,11-12,20H,9-10H2. The van der Waals surface area contributed by atoms with Crippen LogP contribution >= 0.6 is 11.6 Å². The van der Waals surface area contributed by atoms with Gasteiger partial charge >= 0.3 is 0 Å². The Labute approximate surface area is 133 Å². The molecule has 0 saturated heterocycles. The second-order valence-corrected chi connectivity index (χ2v) is 5.20. The molecule has 3 rings (SSSR count). The van der Waals surface area contributed by atoms with Gasteiger partial charge in [0, 0.05) is 5.02 Å². The predicted octanol–water partition coefficient (Wildman–Crippen LogP) is 3.25. The third-order valence-electron chi connectivity index (χ3n) is 3.13. The maximum atomic E-state index is 5.86. The van der Waals surface area contributed by atoms with Crippen LogP contribution < -0.4 is 10.2 Å². The van der Waals surface area contributed by atoms with E-state index in [0.717, 1.165) is 21.9 Å². The van der Waals surface area contributed by atoms with Crippen molar-refractivity contribution in [2.24, 2.45) is 0 Å². The first-order valence-corrected chi connectivity index (χ1v) is 7.22. The Kier molecular flexibility index (Phi) is 4.56. The van der Waals surface area contributed by atoms with E-state index >= 15 is 0 Å². The Morgan fingerprint density at radius 2 is 1.55 bits per heavy atom. The van der Waals surface area contributed by atoms with Gasteiger partial charge in [0.05, 0.1) is 6.54 Å². The molecule has 5 nitrogen and oxygen atoms in total. The van der Waals surface area contributed by atoms with Crippen molar-refractivity contribution in [2.45, 2.75) is 13.2 Å². The Hall–Kier alpha value is -2.53. The van der Waals surface area contributed by atoms with Crippen LogP contribution in [-0.2, 0) is 13.2 Å². The average molecular weight is 315 g/mol. The first-order chi connectivity index (χ1) is 10.8. The van der Waals surface area contributed by atoms with Crippen molar-refractivity contribution < 1.29 is 4.74 Å². The lowest BCUT2D eigenvalue weighted by Gasteiger charge is -2.09. The van der Waals surface area contributed by atoms with Gasteiger partial charge in [-0.2, -0.15) is 0 Å². The topological polar surface area (TPSA) is 52.0 Å². The van der Waals surface area contributed by atoms with Gasteiger partial charge in [-0.1, -0.05) is 35.9 Å². The van der Waals surface area contributed by atoms with Crippen LogP contribution in [0.1, 0.15) is 11.1 Å². The van der Waals surface area contributed by atoms with Crippen LogP contribution in [-0.4, -0.2) is 14.9 Å². The van der Waals surface area contributed by atoms with E-state index in [1.807, 2.05) is 48.5 Å². The van der Waals surface area contributed by atoms with Crippen LogP contribution in [0.3, 0.4) is 0 Å². The molecule has 0 unspecified atom stereocenters. The van der Waals surface area contributed by atoms with Crippen LogP contribution in [0.25, 0.3) is 0 Å². The minimum Gasteiger partial charge on any atom is -0.489 e. The quantitative estimate of drug-likeness (QED) is 0.759. The molecule has 2 aromatic carbocycles. The van der Waals surface area contributed by atoms with E-state index < -0.39 is 0 Å². The van der Waals surface area contributed by atoms with Gasteiger partial charge in [0.25, 0.3) is 0 Å². The molecule has 0 saturated carbocycles. The number of nitrogens with zero attached hydrogens (tertiary/aromatic N) is 3. The summed E-state index contributed by atoms with van der Waals surface area (Å²) in [5.41, 5.74) is 5.39. The molecule has 0 aliphatic carbocycles. The third-order valence-corrected chi connectivity index (χ3v) is 3.38. The Balaban J connectivity index is 1.51. The van der Waals surface area contributed by atoms with E-state index in [4.69, 9.17) is 16.3 Å². The molecule has 22 heavy (non-hydrogen) atoms. The van der Waals surface area contributed by atoms with Gasteiger partial charge in [0.15, 0.2) is 0 Å². The van der Waals surface area contributed by atoms with Gasteiger partial charge in [0.1, 0.15) is 25.0 Å². The van der Waals surface area contributed by atoms with E-state index in [9.17, 15) is 0 Å².